The topological polar surface area (TPSA) is 58.0 Å². The summed E-state index contributed by atoms with van der Waals surface area (Å²) in [5, 5.41) is 3.73. The van der Waals surface area contributed by atoms with Gasteiger partial charge in [-0.05, 0) is 63.2 Å². The molecule has 1 aliphatic rings. The van der Waals surface area contributed by atoms with Gasteiger partial charge in [-0.3, -0.25) is 9.69 Å². The molecule has 2 aromatic rings. The molecule has 2 heterocycles. The zero-order valence-electron chi connectivity index (χ0n) is 17.6. The third-order valence-corrected chi connectivity index (χ3v) is 5.94. The van der Waals surface area contributed by atoms with Crippen LogP contribution in [0.25, 0.3) is 0 Å². The molecule has 29 heavy (non-hydrogen) atoms. The summed E-state index contributed by atoms with van der Waals surface area (Å²) in [5.74, 6) is 2.26. The molecule has 0 spiro atoms. The SMILES string of the molecule is Cc1ccc([C@H](CNC(=O)COc2cc(C)c(Cl)c(C)c2)N2CCN(C)CC2)o1. The van der Waals surface area contributed by atoms with Gasteiger partial charge in [-0.1, -0.05) is 11.6 Å². The molecule has 7 heteroatoms. The Morgan fingerprint density at radius 3 is 2.41 bits per heavy atom. The quantitative estimate of drug-likeness (QED) is 0.745. The van der Waals surface area contributed by atoms with E-state index in [1.54, 1.807) is 0 Å². The zero-order chi connectivity index (χ0) is 21.0. The fourth-order valence-electron chi connectivity index (χ4n) is 3.58. The Labute approximate surface area is 177 Å². The van der Waals surface area contributed by atoms with Crippen LogP contribution in [-0.2, 0) is 4.79 Å². The molecule has 1 fully saturated rings. The molecule has 1 saturated heterocycles. The van der Waals surface area contributed by atoms with E-state index >= 15 is 0 Å². The van der Waals surface area contributed by atoms with Crippen LogP contribution in [0.15, 0.2) is 28.7 Å². The lowest BCUT2D eigenvalue weighted by Crippen LogP contribution is -2.48. The van der Waals surface area contributed by atoms with Crippen LogP contribution in [0.1, 0.15) is 28.7 Å². The van der Waals surface area contributed by atoms with Crippen LogP contribution in [0, 0.1) is 20.8 Å². The van der Waals surface area contributed by atoms with E-state index in [-0.39, 0.29) is 18.6 Å². The summed E-state index contributed by atoms with van der Waals surface area (Å²) in [5.41, 5.74) is 1.87. The first-order valence-corrected chi connectivity index (χ1v) is 10.4. The molecule has 0 bridgehead atoms. The predicted octanol–water partition coefficient (Wildman–Crippen LogP) is 3.34. The van der Waals surface area contributed by atoms with Crippen molar-refractivity contribution in [1.82, 2.24) is 15.1 Å². The number of ether oxygens (including phenoxy) is 1. The number of halogens is 1. The summed E-state index contributed by atoms with van der Waals surface area (Å²) in [4.78, 5) is 17.1. The van der Waals surface area contributed by atoms with E-state index in [0.717, 1.165) is 53.8 Å². The van der Waals surface area contributed by atoms with E-state index in [2.05, 4.69) is 22.2 Å². The molecule has 3 rings (SSSR count). The summed E-state index contributed by atoms with van der Waals surface area (Å²) in [6.45, 7) is 10.1. The van der Waals surface area contributed by atoms with Gasteiger partial charge in [0, 0.05) is 37.7 Å². The van der Waals surface area contributed by atoms with E-state index in [4.69, 9.17) is 20.8 Å². The van der Waals surface area contributed by atoms with Crippen molar-refractivity contribution < 1.29 is 13.9 Å². The molecule has 0 unspecified atom stereocenters. The number of piperazine rings is 1. The van der Waals surface area contributed by atoms with E-state index in [1.165, 1.54) is 0 Å². The smallest absolute Gasteiger partial charge is 0.258 e. The highest BCUT2D eigenvalue weighted by molar-refractivity contribution is 6.32. The molecule has 1 aliphatic heterocycles. The van der Waals surface area contributed by atoms with Crippen molar-refractivity contribution in [1.29, 1.82) is 0 Å². The van der Waals surface area contributed by atoms with Gasteiger partial charge < -0.3 is 19.4 Å². The van der Waals surface area contributed by atoms with Gasteiger partial charge in [0.1, 0.15) is 17.3 Å². The van der Waals surface area contributed by atoms with Crippen LogP contribution in [-0.4, -0.2) is 62.1 Å². The Bertz CT molecular complexity index is 821. The molecule has 6 nitrogen and oxygen atoms in total. The Hall–Kier alpha value is -2.02. The highest BCUT2D eigenvalue weighted by Gasteiger charge is 2.26. The Morgan fingerprint density at radius 1 is 1.17 bits per heavy atom. The van der Waals surface area contributed by atoms with Crippen LogP contribution >= 0.6 is 11.6 Å². The second-order valence-corrected chi connectivity index (χ2v) is 8.15. The van der Waals surface area contributed by atoms with E-state index in [1.807, 2.05) is 45.0 Å². The summed E-state index contributed by atoms with van der Waals surface area (Å²) in [7, 11) is 2.13. The minimum Gasteiger partial charge on any atom is -0.484 e. The molecule has 0 aliphatic carbocycles. The number of carbonyl (C=O) groups excluding carboxylic acids is 1. The summed E-state index contributed by atoms with van der Waals surface area (Å²) >= 11 is 6.19. The number of hydrogen-bond acceptors (Lipinski definition) is 5. The number of hydrogen-bond donors (Lipinski definition) is 1. The van der Waals surface area contributed by atoms with Crippen molar-refractivity contribution in [2.75, 3.05) is 46.4 Å². The number of furan rings is 1. The molecule has 158 valence electrons. The first-order chi connectivity index (χ1) is 13.8. The molecule has 0 saturated carbocycles. The van der Waals surface area contributed by atoms with Crippen LogP contribution in [0.2, 0.25) is 5.02 Å². The first kappa shape index (κ1) is 21.7. The van der Waals surface area contributed by atoms with E-state index in [0.29, 0.717) is 12.3 Å². The molecular weight excluding hydrogens is 390 g/mol. The van der Waals surface area contributed by atoms with Gasteiger partial charge in [-0.2, -0.15) is 0 Å². The van der Waals surface area contributed by atoms with Crippen molar-refractivity contribution in [3.8, 4) is 5.75 Å². The minimum absolute atomic E-state index is 0.0152. The van der Waals surface area contributed by atoms with Gasteiger partial charge in [0.2, 0.25) is 0 Å². The highest BCUT2D eigenvalue weighted by Crippen LogP contribution is 2.26. The van der Waals surface area contributed by atoms with Gasteiger partial charge >= 0.3 is 0 Å². The standard InChI is InChI=1S/C22H30ClN3O3/c1-15-11-18(12-16(2)22(15)23)28-14-21(27)24-13-19(20-6-5-17(3)29-20)26-9-7-25(4)8-10-26/h5-6,11-12,19H,7-10,13-14H2,1-4H3,(H,24,27)/t19-/m0/s1. The van der Waals surface area contributed by atoms with Gasteiger partial charge in [0.15, 0.2) is 6.61 Å². The van der Waals surface area contributed by atoms with E-state index < -0.39 is 0 Å². The van der Waals surface area contributed by atoms with Gasteiger partial charge in [0.25, 0.3) is 5.91 Å². The van der Waals surface area contributed by atoms with E-state index in [9.17, 15) is 4.79 Å². The van der Waals surface area contributed by atoms with Crippen LogP contribution in [0.5, 0.6) is 5.75 Å². The lowest BCUT2D eigenvalue weighted by atomic mass is 10.1. The van der Waals surface area contributed by atoms with Crippen LogP contribution in [0.4, 0.5) is 0 Å². The monoisotopic (exact) mass is 419 g/mol. The largest absolute Gasteiger partial charge is 0.484 e. The Morgan fingerprint density at radius 2 is 1.83 bits per heavy atom. The Balaban J connectivity index is 1.58. The van der Waals surface area contributed by atoms with Crippen LogP contribution in [0.3, 0.4) is 0 Å². The second-order valence-electron chi connectivity index (χ2n) is 7.77. The maximum atomic E-state index is 12.4. The fraction of sp³-hybridized carbons (Fsp3) is 0.500. The molecule has 1 atom stereocenters. The molecule has 1 aromatic carbocycles. The number of likely N-dealkylation sites (N-methyl/N-ethyl adjacent to an activating group) is 1. The molecule has 1 N–H and O–H groups in total. The molecule has 1 aromatic heterocycles. The Kier molecular flexibility index (Phi) is 7.22. The average molecular weight is 420 g/mol. The maximum Gasteiger partial charge on any atom is 0.258 e. The van der Waals surface area contributed by atoms with Gasteiger partial charge in [0.05, 0.1) is 6.04 Å². The third kappa shape index (κ3) is 5.75. The number of rotatable bonds is 7. The normalized spacial score (nSPS) is 16.6. The minimum atomic E-state index is -0.155. The number of nitrogens with zero attached hydrogens (tertiary/aromatic N) is 2. The van der Waals surface area contributed by atoms with Crippen molar-refractivity contribution >= 4 is 17.5 Å². The maximum absolute atomic E-state index is 12.4. The van der Waals surface area contributed by atoms with Crippen molar-refractivity contribution in [3.05, 3.63) is 51.9 Å². The number of carbonyl (C=O) groups is 1. The molecule has 0 radical (unpaired) electrons. The van der Waals surface area contributed by atoms with Gasteiger partial charge in [-0.25, -0.2) is 0 Å². The number of nitrogens with one attached hydrogen (secondary N) is 1. The molecule has 1 amide bonds. The first-order valence-electron chi connectivity index (χ1n) is 9.98. The molecular formula is C22H30ClN3O3. The number of amides is 1. The lowest BCUT2D eigenvalue weighted by Gasteiger charge is -2.37. The summed E-state index contributed by atoms with van der Waals surface area (Å²) < 4.78 is 11.5. The number of benzene rings is 1. The lowest BCUT2D eigenvalue weighted by molar-refractivity contribution is -0.123. The van der Waals surface area contributed by atoms with Crippen molar-refractivity contribution in [3.63, 3.8) is 0 Å². The fourth-order valence-corrected chi connectivity index (χ4v) is 3.68. The summed E-state index contributed by atoms with van der Waals surface area (Å²) in [6.07, 6.45) is 0. The van der Waals surface area contributed by atoms with Gasteiger partial charge in [-0.15, -0.1) is 0 Å². The highest BCUT2D eigenvalue weighted by atomic mass is 35.5. The third-order valence-electron chi connectivity index (χ3n) is 5.34. The predicted molar refractivity (Wildman–Crippen MR) is 115 cm³/mol. The van der Waals surface area contributed by atoms with Crippen molar-refractivity contribution in [2.45, 2.75) is 26.8 Å². The number of aryl methyl sites for hydroxylation is 3. The van der Waals surface area contributed by atoms with Crippen LogP contribution < -0.4 is 10.1 Å². The van der Waals surface area contributed by atoms with Crippen molar-refractivity contribution in [2.24, 2.45) is 0 Å². The summed E-state index contributed by atoms with van der Waals surface area (Å²) in [6, 6.07) is 7.68. The second kappa shape index (κ2) is 9.65. The zero-order valence-corrected chi connectivity index (χ0v) is 18.4. The average Bonchev–Trinajstić information content (AvgIpc) is 3.12.